The van der Waals surface area contributed by atoms with Crippen LogP contribution < -0.4 is 15.0 Å². The largest absolute Gasteiger partial charge is 0.497 e. The van der Waals surface area contributed by atoms with Crippen molar-refractivity contribution in [3.8, 4) is 5.75 Å². The van der Waals surface area contributed by atoms with Crippen LogP contribution in [0.25, 0.3) is 0 Å². The Kier molecular flexibility index (Phi) is 3.81. The fraction of sp³-hybridized carbons (Fsp3) is 0.562. The lowest BCUT2D eigenvalue weighted by molar-refractivity contribution is -0.122. The molecule has 0 spiro atoms. The van der Waals surface area contributed by atoms with Crippen LogP contribution in [0, 0.1) is 5.92 Å². The lowest BCUT2D eigenvalue weighted by Crippen LogP contribution is -2.40. The van der Waals surface area contributed by atoms with E-state index in [0.29, 0.717) is 12.0 Å². The van der Waals surface area contributed by atoms with E-state index in [4.69, 9.17) is 4.74 Å². The van der Waals surface area contributed by atoms with Gasteiger partial charge < -0.3 is 15.0 Å². The van der Waals surface area contributed by atoms with Gasteiger partial charge in [-0.25, -0.2) is 0 Å². The number of anilines is 1. The van der Waals surface area contributed by atoms with Gasteiger partial charge in [-0.3, -0.25) is 4.79 Å². The minimum atomic E-state index is 0.238. The van der Waals surface area contributed by atoms with Crippen LogP contribution in [0.1, 0.15) is 25.7 Å². The summed E-state index contributed by atoms with van der Waals surface area (Å²) in [7, 11) is 1.69. The summed E-state index contributed by atoms with van der Waals surface area (Å²) >= 11 is 0. The molecule has 4 nitrogen and oxygen atoms in total. The molecule has 2 fully saturated rings. The van der Waals surface area contributed by atoms with Gasteiger partial charge in [-0.15, -0.1) is 0 Å². The Hall–Kier alpha value is -1.71. The zero-order chi connectivity index (χ0) is 13.9. The van der Waals surface area contributed by atoms with E-state index in [1.807, 2.05) is 12.1 Å². The molecule has 1 saturated heterocycles. The van der Waals surface area contributed by atoms with Crippen molar-refractivity contribution in [1.29, 1.82) is 0 Å². The van der Waals surface area contributed by atoms with Gasteiger partial charge in [0, 0.05) is 36.8 Å². The smallest absolute Gasteiger partial charge is 0.223 e. The Labute approximate surface area is 120 Å². The molecule has 108 valence electrons. The molecule has 3 rings (SSSR count). The molecule has 1 N–H and O–H groups in total. The van der Waals surface area contributed by atoms with Crippen molar-refractivity contribution in [1.82, 2.24) is 5.32 Å². The van der Waals surface area contributed by atoms with Crippen molar-refractivity contribution in [2.24, 2.45) is 5.92 Å². The molecule has 1 atom stereocenters. The molecule has 2 aliphatic rings. The molecule has 0 bridgehead atoms. The molecule has 1 aliphatic heterocycles. The van der Waals surface area contributed by atoms with Crippen molar-refractivity contribution in [2.75, 3.05) is 25.1 Å². The van der Waals surface area contributed by atoms with Crippen LogP contribution >= 0.6 is 0 Å². The third kappa shape index (κ3) is 2.89. The van der Waals surface area contributed by atoms with E-state index in [2.05, 4.69) is 22.3 Å². The Morgan fingerprint density at radius 1 is 1.40 bits per heavy atom. The average Bonchev–Trinajstić information content (AvgIpc) is 3.23. The van der Waals surface area contributed by atoms with Crippen molar-refractivity contribution in [2.45, 2.75) is 31.7 Å². The molecule has 1 aliphatic carbocycles. The molecule has 4 heteroatoms. The summed E-state index contributed by atoms with van der Waals surface area (Å²) in [6.45, 7) is 1.81. The minimum absolute atomic E-state index is 0.238. The number of benzene rings is 1. The van der Waals surface area contributed by atoms with Crippen LogP contribution in [-0.4, -0.2) is 32.1 Å². The summed E-state index contributed by atoms with van der Waals surface area (Å²) in [6, 6.07) is 8.57. The van der Waals surface area contributed by atoms with Gasteiger partial charge in [-0.1, -0.05) is 6.07 Å². The second-order valence-electron chi connectivity index (χ2n) is 5.71. The van der Waals surface area contributed by atoms with Crippen LogP contribution in [0.15, 0.2) is 24.3 Å². The highest BCUT2D eigenvalue weighted by Gasteiger charge is 2.31. The normalized spacial score (nSPS) is 21.9. The highest BCUT2D eigenvalue weighted by molar-refractivity contribution is 5.80. The van der Waals surface area contributed by atoms with Gasteiger partial charge in [0.15, 0.2) is 0 Å². The van der Waals surface area contributed by atoms with Crippen LogP contribution in [0.4, 0.5) is 5.69 Å². The van der Waals surface area contributed by atoms with Gasteiger partial charge in [0.1, 0.15) is 5.75 Å². The fourth-order valence-corrected chi connectivity index (χ4v) is 2.89. The number of hydrogen-bond acceptors (Lipinski definition) is 3. The summed E-state index contributed by atoms with van der Waals surface area (Å²) in [6.07, 6.45) is 4.45. The lowest BCUT2D eigenvalue weighted by Gasteiger charge is -2.27. The maximum atomic E-state index is 11.8. The summed E-state index contributed by atoms with van der Waals surface area (Å²) in [4.78, 5) is 14.1. The van der Waals surface area contributed by atoms with Crippen molar-refractivity contribution < 1.29 is 9.53 Å². The third-order valence-corrected chi connectivity index (χ3v) is 4.22. The molecule has 1 amide bonds. The minimum Gasteiger partial charge on any atom is -0.497 e. The van der Waals surface area contributed by atoms with E-state index in [9.17, 15) is 4.79 Å². The van der Waals surface area contributed by atoms with Gasteiger partial charge in [0.05, 0.1) is 7.11 Å². The van der Waals surface area contributed by atoms with Crippen molar-refractivity contribution in [3.63, 3.8) is 0 Å². The van der Waals surface area contributed by atoms with E-state index in [0.717, 1.165) is 38.1 Å². The predicted molar refractivity (Wildman–Crippen MR) is 79.1 cm³/mol. The topological polar surface area (TPSA) is 41.6 Å². The number of amides is 1. The second-order valence-corrected chi connectivity index (χ2v) is 5.71. The van der Waals surface area contributed by atoms with E-state index in [-0.39, 0.29) is 5.91 Å². The average molecular weight is 274 g/mol. The molecule has 0 radical (unpaired) electrons. The molecule has 1 aromatic rings. The van der Waals surface area contributed by atoms with E-state index >= 15 is 0 Å². The summed E-state index contributed by atoms with van der Waals surface area (Å²) in [5, 5.41) is 3.10. The first-order valence-electron chi connectivity index (χ1n) is 7.46. The first-order chi connectivity index (χ1) is 9.78. The highest BCUT2D eigenvalue weighted by Crippen LogP contribution is 2.30. The van der Waals surface area contributed by atoms with Gasteiger partial charge >= 0.3 is 0 Å². The maximum Gasteiger partial charge on any atom is 0.223 e. The van der Waals surface area contributed by atoms with E-state index in [1.54, 1.807) is 7.11 Å². The van der Waals surface area contributed by atoms with Crippen LogP contribution in [-0.2, 0) is 4.79 Å². The zero-order valence-electron chi connectivity index (χ0n) is 12.0. The van der Waals surface area contributed by atoms with Crippen LogP contribution in [0.2, 0.25) is 0 Å². The molecule has 1 saturated carbocycles. The van der Waals surface area contributed by atoms with Gasteiger partial charge in [0.2, 0.25) is 5.91 Å². The van der Waals surface area contributed by atoms with Gasteiger partial charge in [0.25, 0.3) is 0 Å². The Morgan fingerprint density at radius 2 is 2.25 bits per heavy atom. The first-order valence-corrected chi connectivity index (χ1v) is 7.46. The summed E-state index contributed by atoms with van der Waals surface area (Å²) in [5.74, 6) is 1.42. The molecule has 1 heterocycles. The summed E-state index contributed by atoms with van der Waals surface area (Å²) < 4.78 is 5.29. The second kappa shape index (κ2) is 5.73. The SMILES string of the molecule is COc1cccc(N2CCCC2CNC(=O)C2CC2)c1. The maximum absolute atomic E-state index is 11.8. The first kappa shape index (κ1) is 13.3. The molecule has 20 heavy (non-hydrogen) atoms. The highest BCUT2D eigenvalue weighted by atomic mass is 16.5. The van der Waals surface area contributed by atoms with Crippen LogP contribution in [0.3, 0.4) is 0 Å². The van der Waals surface area contributed by atoms with Crippen LogP contribution in [0.5, 0.6) is 5.75 Å². The van der Waals surface area contributed by atoms with Gasteiger partial charge in [-0.05, 0) is 37.8 Å². The Balaban J connectivity index is 1.63. The molecule has 0 aromatic heterocycles. The molecular weight excluding hydrogens is 252 g/mol. The van der Waals surface area contributed by atoms with E-state index in [1.165, 1.54) is 12.1 Å². The van der Waals surface area contributed by atoms with E-state index < -0.39 is 0 Å². The zero-order valence-corrected chi connectivity index (χ0v) is 12.0. The monoisotopic (exact) mass is 274 g/mol. The number of rotatable bonds is 5. The fourth-order valence-electron chi connectivity index (χ4n) is 2.89. The Morgan fingerprint density at radius 3 is 3.00 bits per heavy atom. The molecule has 1 aromatic carbocycles. The quantitative estimate of drug-likeness (QED) is 0.895. The number of ether oxygens (including phenoxy) is 1. The number of methoxy groups -OCH3 is 1. The number of carbonyl (C=O) groups is 1. The van der Waals surface area contributed by atoms with Crippen molar-refractivity contribution >= 4 is 11.6 Å². The molecular formula is C16H22N2O2. The Bertz CT molecular complexity index is 485. The number of carbonyl (C=O) groups excluding carboxylic acids is 1. The van der Waals surface area contributed by atoms with Crippen molar-refractivity contribution in [3.05, 3.63) is 24.3 Å². The third-order valence-electron chi connectivity index (χ3n) is 4.22. The summed E-state index contributed by atoms with van der Waals surface area (Å²) in [5.41, 5.74) is 1.19. The van der Waals surface area contributed by atoms with Gasteiger partial charge in [-0.2, -0.15) is 0 Å². The predicted octanol–water partition coefficient (Wildman–Crippen LogP) is 2.19. The lowest BCUT2D eigenvalue weighted by atomic mass is 10.2. The number of nitrogens with one attached hydrogen (secondary N) is 1. The number of hydrogen-bond donors (Lipinski definition) is 1. The standard InChI is InChI=1S/C16H22N2O2/c1-20-15-6-2-4-13(10-15)18-9-3-5-14(18)11-17-16(19)12-7-8-12/h2,4,6,10,12,14H,3,5,7-9,11H2,1H3,(H,17,19). The number of nitrogens with zero attached hydrogens (tertiary/aromatic N) is 1. The molecule has 1 unspecified atom stereocenters.